The Kier molecular flexibility index (Phi) is 4.40. The summed E-state index contributed by atoms with van der Waals surface area (Å²) in [5.41, 5.74) is 0.867. The zero-order chi connectivity index (χ0) is 13.0. The van der Waals surface area contributed by atoms with Crippen LogP contribution in [0.15, 0.2) is 28.7 Å². The molecule has 0 spiro atoms. The molecule has 0 bridgehead atoms. The molecule has 1 aliphatic rings. The SMILES string of the molecule is CNCCCNC(=O)C1(c2cccc(Br)c2)CC1. The topological polar surface area (TPSA) is 41.1 Å². The number of benzene rings is 1. The van der Waals surface area contributed by atoms with Gasteiger partial charge in [0.15, 0.2) is 0 Å². The van der Waals surface area contributed by atoms with Crippen LogP contribution in [0.3, 0.4) is 0 Å². The number of nitrogens with one attached hydrogen (secondary N) is 2. The van der Waals surface area contributed by atoms with Crippen molar-refractivity contribution in [2.24, 2.45) is 0 Å². The highest BCUT2D eigenvalue weighted by Gasteiger charge is 2.51. The van der Waals surface area contributed by atoms with Crippen molar-refractivity contribution in [3.63, 3.8) is 0 Å². The number of halogens is 1. The second kappa shape index (κ2) is 5.85. The van der Waals surface area contributed by atoms with Crippen molar-refractivity contribution in [1.29, 1.82) is 0 Å². The Morgan fingerprint density at radius 2 is 2.17 bits per heavy atom. The molecule has 1 aromatic carbocycles. The Hall–Kier alpha value is -0.870. The molecule has 0 radical (unpaired) electrons. The van der Waals surface area contributed by atoms with Crippen LogP contribution in [0.1, 0.15) is 24.8 Å². The Balaban J connectivity index is 1.97. The van der Waals surface area contributed by atoms with E-state index >= 15 is 0 Å². The van der Waals surface area contributed by atoms with Gasteiger partial charge < -0.3 is 10.6 Å². The first-order valence-corrected chi connectivity index (χ1v) is 7.17. The van der Waals surface area contributed by atoms with Gasteiger partial charge in [-0.3, -0.25) is 4.79 Å². The highest BCUT2D eigenvalue weighted by atomic mass is 79.9. The molecule has 2 rings (SSSR count). The van der Waals surface area contributed by atoms with Crippen molar-refractivity contribution >= 4 is 21.8 Å². The van der Waals surface area contributed by atoms with Crippen molar-refractivity contribution in [1.82, 2.24) is 10.6 Å². The summed E-state index contributed by atoms with van der Waals surface area (Å²) in [7, 11) is 1.92. The zero-order valence-corrected chi connectivity index (χ0v) is 12.2. The lowest BCUT2D eigenvalue weighted by Gasteiger charge is -2.16. The minimum atomic E-state index is -0.260. The predicted octanol–water partition coefficient (Wildman–Crippen LogP) is 2.21. The molecule has 4 heteroatoms. The van der Waals surface area contributed by atoms with Gasteiger partial charge in [0, 0.05) is 11.0 Å². The maximum absolute atomic E-state index is 12.3. The third-order valence-electron chi connectivity index (χ3n) is 3.45. The molecular formula is C14H19BrN2O. The largest absolute Gasteiger partial charge is 0.355 e. The Labute approximate surface area is 116 Å². The second-order valence-electron chi connectivity index (χ2n) is 4.81. The summed E-state index contributed by atoms with van der Waals surface area (Å²) in [6.07, 6.45) is 2.89. The first-order chi connectivity index (χ1) is 8.69. The van der Waals surface area contributed by atoms with E-state index in [1.807, 2.05) is 25.2 Å². The molecule has 1 amide bonds. The predicted molar refractivity (Wildman–Crippen MR) is 76.6 cm³/mol. The van der Waals surface area contributed by atoms with E-state index in [9.17, 15) is 4.79 Å². The lowest BCUT2D eigenvalue weighted by molar-refractivity contribution is -0.123. The van der Waals surface area contributed by atoms with Crippen LogP contribution in [0.2, 0.25) is 0 Å². The summed E-state index contributed by atoms with van der Waals surface area (Å²) >= 11 is 3.46. The highest BCUT2D eigenvalue weighted by molar-refractivity contribution is 9.10. The summed E-state index contributed by atoms with van der Waals surface area (Å²) in [4.78, 5) is 12.3. The third kappa shape index (κ3) is 2.93. The van der Waals surface area contributed by atoms with Crippen LogP contribution in [0.5, 0.6) is 0 Å². The quantitative estimate of drug-likeness (QED) is 0.791. The molecule has 0 heterocycles. The van der Waals surface area contributed by atoms with Gasteiger partial charge in [0.1, 0.15) is 0 Å². The van der Waals surface area contributed by atoms with Crippen LogP contribution in [-0.4, -0.2) is 26.0 Å². The fourth-order valence-corrected chi connectivity index (χ4v) is 2.59. The van der Waals surface area contributed by atoms with E-state index in [4.69, 9.17) is 0 Å². The number of carbonyl (C=O) groups is 1. The summed E-state index contributed by atoms with van der Waals surface area (Å²) < 4.78 is 1.04. The minimum Gasteiger partial charge on any atom is -0.355 e. The van der Waals surface area contributed by atoms with Crippen molar-refractivity contribution in [2.45, 2.75) is 24.7 Å². The average Bonchev–Trinajstić information content (AvgIpc) is 3.16. The van der Waals surface area contributed by atoms with Gasteiger partial charge in [-0.25, -0.2) is 0 Å². The fraction of sp³-hybridized carbons (Fsp3) is 0.500. The summed E-state index contributed by atoms with van der Waals surface area (Å²) in [5, 5.41) is 6.12. The fourth-order valence-electron chi connectivity index (χ4n) is 2.19. The smallest absolute Gasteiger partial charge is 0.230 e. The minimum absolute atomic E-state index is 0.178. The Morgan fingerprint density at radius 3 is 2.78 bits per heavy atom. The van der Waals surface area contributed by atoms with Crippen LogP contribution in [-0.2, 0) is 10.2 Å². The van der Waals surface area contributed by atoms with Gasteiger partial charge in [-0.1, -0.05) is 28.1 Å². The number of amides is 1. The molecule has 3 nitrogen and oxygen atoms in total. The molecule has 0 aliphatic heterocycles. The van der Waals surface area contributed by atoms with E-state index < -0.39 is 0 Å². The van der Waals surface area contributed by atoms with Gasteiger partial charge in [-0.15, -0.1) is 0 Å². The highest BCUT2D eigenvalue weighted by Crippen LogP contribution is 2.48. The van der Waals surface area contributed by atoms with Gasteiger partial charge in [-0.05, 0) is 50.6 Å². The van der Waals surface area contributed by atoms with E-state index in [1.165, 1.54) is 0 Å². The summed E-state index contributed by atoms with van der Waals surface area (Å²) in [6, 6.07) is 8.09. The molecule has 1 aliphatic carbocycles. The van der Waals surface area contributed by atoms with E-state index in [2.05, 4.69) is 32.6 Å². The molecule has 18 heavy (non-hydrogen) atoms. The molecule has 98 valence electrons. The van der Waals surface area contributed by atoms with Crippen LogP contribution in [0.4, 0.5) is 0 Å². The molecule has 0 atom stereocenters. The van der Waals surface area contributed by atoms with Gasteiger partial charge in [-0.2, -0.15) is 0 Å². The second-order valence-corrected chi connectivity index (χ2v) is 5.72. The Morgan fingerprint density at radius 1 is 1.39 bits per heavy atom. The standard InChI is InChI=1S/C14H19BrN2O/c1-16-8-3-9-17-13(18)14(6-7-14)11-4-2-5-12(15)10-11/h2,4-5,10,16H,3,6-9H2,1H3,(H,17,18). The van der Waals surface area contributed by atoms with Gasteiger partial charge in [0.25, 0.3) is 0 Å². The molecule has 0 saturated heterocycles. The molecule has 1 aromatic rings. The molecule has 2 N–H and O–H groups in total. The maximum atomic E-state index is 12.3. The van der Waals surface area contributed by atoms with E-state index in [0.717, 1.165) is 42.4 Å². The van der Waals surface area contributed by atoms with Crippen molar-refractivity contribution in [3.05, 3.63) is 34.3 Å². The third-order valence-corrected chi connectivity index (χ3v) is 3.94. The van der Waals surface area contributed by atoms with Crippen LogP contribution in [0.25, 0.3) is 0 Å². The number of rotatable bonds is 6. The molecule has 0 unspecified atom stereocenters. The van der Waals surface area contributed by atoms with Crippen molar-refractivity contribution in [2.75, 3.05) is 20.1 Å². The van der Waals surface area contributed by atoms with Gasteiger partial charge >= 0.3 is 0 Å². The average molecular weight is 311 g/mol. The lowest BCUT2D eigenvalue weighted by Crippen LogP contribution is -2.36. The van der Waals surface area contributed by atoms with E-state index in [-0.39, 0.29) is 11.3 Å². The molecule has 1 saturated carbocycles. The number of hydrogen-bond acceptors (Lipinski definition) is 2. The van der Waals surface area contributed by atoms with Crippen LogP contribution >= 0.6 is 15.9 Å². The molecular weight excluding hydrogens is 292 g/mol. The Bertz CT molecular complexity index is 430. The lowest BCUT2D eigenvalue weighted by atomic mass is 9.95. The van der Waals surface area contributed by atoms with Gasteiger partial charge in [0.2, 0.25) is 5.91 Å². The number of hydrogen-bond donors (Lipinski definition) is 2. The normalized spacial score (nSPS) is 16.3. The molecule has 0 aromatic heterocycles. The first-order valence-electron chi connectivity index (χ1n) is 6.38. The molecule has 1 fully saturated rings. The van der Waals surface area contributed by atoms with E-state index in [1.54, 1.807) is 0 Å². The van der Waals surface area contributed by atoms with Crippen LogP contribution < -0.4 is 10.6 Å². The maximum Gasteiger partial charge on any atom is 0.230 e. The number of carbonyl (C=O) groups excluding carboxylic acids is 1. The van der Waals surface area contributed by atoms with Crippen LogP contribution in [0, 0.1) is 0 Å². The summed E-state index contributed by atoms with van der Waals surface area (Å²) in [6.45, 7) is 1.68. The van der Waals surface area contributed by atoms with Crippen molar-refractivity contribution in [3.8, 4) is 0 Å². The van der Waals surface area contributed by atoms with E-state index in [0.29, 0.717) is 0 Å². The monoisotopic (exact) mass is 310 g/mol. The summed E-state index contributed by atoms with van der Waals surface area (Å²) in [5.74, 6) is 0.178. The zero-order valence-electron chi connectivity index (χ0n) is 10.6. The first kappa shape index (κ1) is 13.6. The van der Waals surface area contributed by atoms with Crippen molar-refractivity contribution < 1.29 is 4.79 Å². The van der Waals surface area contributed by atoms with Gasteiger partial charge in [0.05, 0.1) is 5.41 Å².